The fourth-order valence-corrected chi connectivity index (χ4v) is 2.90. The second kappa shape index (κ2) is 4.53. The predicted octanol–water partition coefficient (Wildman–Crippen LogP) is 2.81. The van der Waals surface area contributed by atoms with Crippen LogP contribution < -0.4 is 10.6 Å². The van der Waals surface area contributed by atoms with Crippen LogP contribution >= 0.6 is 0 Å². The maximum atomic E-state index is 3.51. The number of anilines is 1. The topological polar surface area (TPSA) is 24.1 Å². The lowest BCUT2D eigenvalue weighted by Crippen LogP contribution is -2.30. The number of fused-ring (bicyclic) bond motifs is 1. The maximum Gasteiger partial charge on any atom is 0.0378 e. The Labute approximate surface area is 103 Å². The number of hydrogen-bond acceptors (Lipinski definition) is 2. The van der Waals surface area contributed by atoms with Gasteiger partial charge >= 0.3 is 0 Å². The molecule has 17 heavy (non-hydrogen) atoms. The molecule has 2 aliphatic rings. The quantitative estimate of drug-likeness (QED) is 0.772. The molecular formula is C15H20N2. The summed E-state index contributed by atoms with van der Waals surface area (Å²) >= 11 is 0. The van der Waals surface area contributed by atoms with Gasteiger partial charge in [0.05, 0.1) is 0 Å². The van der Waals surface area contributed by atoms with Crippen molar-refractivity contribution in [1.82, 2.24) is 5.32 Å². The van der Waals surface area contributed by atoms with E-state index in [1.54, 1.807) is 0 Å². The van der Waals surface area contributed by atoms with Gasteiger partial charge in [0.25, 0.3) is 0 Å². The third-order valence-electron chi connectivity index (χ3n) is 3.78. The highest BCUT2D eigenvalue weighted by molar-refractivity contribution is 5.74. The summed E-state index contributed by atoms with van der Waals surface area (Å²) in [6.07, 6.45) is 5.98. The van der Waals surface area contributed by atoms with Crippen LogP contribution in [-0.2, 0) is 6.42 Å². The van der Waals surface area contributed by atoms with Crippen molar-refractivity contribution in [1.29, 1.82) is 0 Å². The minimum Gasteiger partial charge on any atom is -0.385 e. The van der Waals surface area contributed by atoms with Crippen molar-refractivity contribution < 1.29 is 0 Å². The molecule has 0 saturated heterocycles. The number of nitrogens with one attached hydrogen (secondary N) is 2. The summed E-state index contributed by atoms with van der Waals surface area (Å²) in [6.45, 7) is 4.39. The van der Waals surface area contributed by atoms with Gasteiger partial charge in [-0.05, 0) is 49.0 Å². The lowest BCUT2D eigenvalue weighted by molar-refractivity contribution is 0.579. The van der Waals surface area contributed by atoms with Crippen LogP contribution in [0.5, 0.6) is 0 Å². The molecule has 0 aromatic heterocycles. The van der Waals surface area contributed by atoms with Crippen molar-refractivity contribution in [2.45, 2.75) is 32.2 Å². The van der Waals surface area contributed by atoms with Crippen LogP contribution in [0.25, 0.3) is 5.57 Å². The van der Waals surface area contributed by atoms with Crippen LogP contribution in [0.4, 0.5) is 5.69 Å². The zero-order chi connectivity index (χ0) is 11.7. The largest absolute Gasteiger partial charge is 0.385 e. The van der Waals surface area contributed by atoms with Crippen LogP contribution in [0.15, 0.2) is 24.3 Å². The fourth-order valence-electron chi connectivity index (χ4n) is 2.90. The first-order valence-electron chi connectivity index (χ1n) is 6.63. The van der Waals surface area contributed by atoms with E-state index >= 15 is 0 Å². The van der Waals surface area contributed by atoms with Crippen molar-refractivity contribution in [3.05, 3.63) is 35.4 Å². The molecule has 0 spiro atoms. The van der Waals surface area contributed by atoms with Crippen molar-refractivity contribution in [2.24, 2.45) is 0 Å². The molecule has 1 aromatic rings. The summed E-state index contributed by atoms with van der Waals surface area (Å²) < 4.78 is 0. The Morgan fingerprint density at radius 3 is 3.12 bits per heavy atom. The van der Waals surface area contributed by atoms with Gasteiger partial charge < -0.3 is 10.6 Å². The summed E-state index contributed by atoms with van der Waals surface area (Å²) in [6, 6.07) is 7.28. The maximum absolute atomic E-state index is 3.51. The average molecular weight is 228 g/mol. The van der Waals surface area contributed by atoms with Crippen LogP contribution in [0, 0.1) is 0 Å². The molecule has 2 nitrogen and oxygen atoms in total. The van der Waals surface area contributed by atoms with Gasteiger partial charge in [0.2, 0.25) is 0 Å². The Hall–Kier alpha value is -1.28. The third kappa shape index (κ3) is 2.09. The molecule has 0 aliphatic carbocycles. The molecule has 2 aliphatic heterocycles. The SMILES string of the molecule is C[C@@H]1CC(c2cccc3c2CCCN3)=CCN1. The monoisotopic (exact) mass is 228 g/mol. The minimum atomic E-state index is 0.599. The Bertz CT molecular complexity index is 448. The Morgan fingerprint density at radius 2 is 2.24 bits per heavy atom. The number of rotatable bonds is 1. The van der Waals surface area contributed by atoms with E-state index in [9.17, 15) is 0 Å². The second-order valence-corrected chi connectivity index (χ2v) is 5.10. The molecule has 0 bridgehead atoms. The van der Waals surface area contributed by atoms with E-state index in [1.165, 1.54) is 35.2 Å². The molecule has 0 fully saturated rings. The Balaban J connectivity index is 2.00. The molecule has 90 valence electrons. The summed E-state index contributed by atoms with van der Waals surface area (Å²) in [5, 5.41) is 6.98. The lowest BCUT2D eigenvalue weighted by Gasteiger charge is -2.26. The summed E-state index contributed by atoms with van der Waals surface area (Å²) in [5.74, 6) is 0. The Kier molecular flexibility index (Phi) is 2.89. The molecule has 2 N–H and O–H groups in total. The van der Waals surface area contributed by atoms with Crippen LogP contribution in [0.3, 0.4) is 0 Å². The van der Waals surface area contributed by atoms with Gasteiger partial charge in [-0.1, -0.05) is 18.2 Å². The van der Waals surface area contributed by atoms with Gasteiger partial charge in [-0.2, -0.15) is 0 Å². The summed E-state index contributed by atoms with van der Waals surface area (Å²) in [7, 11) is 0. The average Bonchev–Trinajstić information content (AvgIpc) is 2.38. The first-order chi connectivity index (χ1) is 8.34. The molecular weight excluding hydrogens is 208 g/mol. The fraction of sp³-hybridized carbons (Fsp3) is 0.467. The van der Waals surface area contributed by atoms with E-state index < -0.39 is 0 Å². The minimum absolute atomic E-state index is 0.599. The van der Waals surface area contributed by atoms with Crippen LogP contribution in [0.1, 0.15) is 30.9 Å². The van der Waals surface area contributed by atoms with Crippen molar-refractivity contribution >= 4 is 11.3 Å². The van der Waals surface area contributed by atoms with E-state index in [1.807, 2.05) is 0 Å². The zero-order valence-electron chi connectivity index (χ0n) is 10.4. The molecule has 0 saturated carbocycles. The van der Waals surface area contributed by atoms with Crippen LogP contribution in [-0.4, -0.2) is 19.1 Å². The van der Waals surface area contributed by atoms with Crippen molar-refractivity contribution in [3.8, 4) is 0 Å². The molecule has 1 aromatic carbocycles. The predicted molar refractivity (Wildman–Crippen MR) is 73.3 cm³/mol. The smallest absolute Gasteiger partial charge is 0.0378 e. The van der Waals surface area contributed by atoms with E-state index in [0.29, 0.717) is 6.04 Å². The number of hydrogen-bond donors (Lipinski definition) is 2. The Morgan fingerprint density at radius 1 is 1.29 bits per heavy atom. The molecule has 2 heteroatoms. The van der Waals surface area contributed by atoms with Gasteiger partial charge in [-0.25, -0.2) is 0 Å². The normalized spacial score (nSPS) is 23.6. The second-order valence-electron chi connectivity index (χ2n) is 5.10. The van der Waals surface area contributed by atoms with Gasteiger partial charge in [-0.15, -0.1) is 0 Å². The standard InChI is InChI=1S/C15H20N2/c1-11-10-12(7-9-16-11)13-4-2-6-15-14(13)5-3-8-17-15/h2,4,6-7,11,16-17H,3,5,8-10H2,1H3/t11-/m1/s1. The molecule has 2 heterocycles. The van der Waals surface area contributed by atoms with Gasteiger partial charge in [0.1, 0.15) is 0 Å². The first kappa shape index (κ1) is 10.8. The van der Waals surface area contributed by atoms with Crippen molar-refractivity contribution in [2.75, 3.05) is 18.4 Å². The highest BCUT2D eigenvalue weighted by Gasteiger charge is 2.18. The molecule has 1 atom stereocenters. The highest BCUT2D eigenvalue weighted by Crippen LogP contribution is 2.32. The first-order valence-corrected chi connectivity index (χ1v) is 6.63. The third-order valence-corrected chi connectivity index (χ3v) is 3.78. The summed E-state index contributed by atoms with van der Waals surface area (Å²) in [4.78, 5) is 0. The van der Waals surface area contributed by atoms with E-state index in [-0.39, 0.29) is 0 Å². The van der Waals surface area contributed by atoms with Gasteiger partial charge in [-0.3, -0.25) is 0 Å². The lowest BCUT2D eigenvalue weighted by atomic mass is 9.89. The molecule has 0 amide bonds. The van der Waals surface area contributed by atoms with Gasteiger partial charge in [0, 0.05) is 24.8 Å². The van der Waals surface area contributed by atoms with E-state index in [0.717, 1.165) is 19.5 Å². The highest BCUT2D eigenvalue weighted by atomic mass is 14.9. The molecule has 3 rings (SSSR count). The molecule has 0 unspecified atom stereocenters. The number of benzene rings is 1. The van der Waals surface area contributed by atoms with Crippen LogP contribution in [0.2, 0.25) is 0 Å². The van der Waals surface area contributed by atoms with E-state index in [2.05, 4.69) is 41.8 Å². The zero-order valence-corrected chi connectivity index (χ0v) is 10.4. The summed E-state index contributed by atoms with van der Waals surface area (Å²) in [5.41, 5.74) is 5.87. The van der Waals surface area contributed by atoms with E-state index in [4.69, 9.17) is 0 Å². The van der Waals surface area contributed by atoms with Crippen molar-refractivity contribution in [3.63, 3.8) is 0 Å². The molecule has 0 radical (unpaired) electrons. The van der Waals surface area contributed by atoms with Gasteiger partial charge in [0.15, 0.2) is 0 Å².